The van der Waals surface area contributed by atoms with Crippen molar-refractivity contribution in [2.24, 2.45) is 5.92 Å². The number of halogens is 1. The fourth-order valence-electron chi connectivity index (χ4n) is 1.00. The van der Waals surface area contributed by atoms with E-state index in [4.69, 9.17) is 0 Å². The van der Waals surface area contributed by atoms with Crippen LogP contribution in [-0.4, -0.2) is 15.7 Å². The Bertz CT molecular complexity index is 388. The van der Waals surface area contributed by atoms with Crippen LogP contribution in [0, 0.1) is 5.92 Å². The number of hydrogen-bond acceptors (Lipinski definition) is 2. The first kappa shape index (κ1) is 12.6. The second-order valence-corrected chi connectivity index (χ2v) is 5.82. The van der Waals surface area contributed by atoms with Crippen LogP contribution in [0.3, 0.4) is 0 Å². The molecule has 0 bridgehead atoms. The minimum atomic E-state index is -1.24. The van der Waals surface area contributed by atoms with Gasteiger partial charge in [0.05, 0.1) is 21.4 Å². The maximum atomic E-state index is 11.8. The van der Waals surface area contributed by atoms with Crippen molar-refractivity contribution in [1.82, 2.24) is 0 Å². The number of carbonyl (C=O) groups is 1. The van der Waals surface area contributed by atoms with Gasteiger partial charge in [-0.3, -0.25) is 9.00 Å². The summed E-state index contributed by atoms with van der Waals surface area (Å²) in [6, 6.07) is 7.27. The summed E-state index contributed by atoms with van der Waals surface area (Å²) in [4.78, 5) is 12.1. The third-order valence-electron chi connectivity index (χ3n) is 2.00. The molecular weight excluding hydrogens is 276 g/mol. The molecule has 0 N–H and O–H groups in total. The van der Waals surface area contributed by atoms with Gasteiger partial charge in [-0.1, -0.05) is 26.0 Å². The maximum Gasteiger partial charge on any atom is 0.148 e. The molecular formula is C11H13BrO2S. The summed E-state index contributed by atoms with van der Waals surface area (Å²) < 4.78 is 12.6. The first-order chi connectivity index (χ1) is 7.02. The standard InChI is InChI=1S/C11H13BrO2S/c1-8(2)10(13)7-15(14)11-6-4-3-5-9(11)12/h3-6,8H,7H2,1-2H3. The van der Waals surface area contributed by atoms with Gasteiger partial charge in [0, 0.05) is 10.4 Å². The molecule has 0 saturated heterocycles. The van der Waals surface area contributed by atoms with Crippen LogP contribution in [-0.2, 0) is 15.6 Å². The maximum absolute atomic E-state index is 11.8. The van der Waals surface area contributed by atoms with E-state index in [9.17, 15) is 9.00 Å². The Balaban J connectivity index is 2.79. The first-order valence-corrected chi connectivity index (χ1v) is 6.79. The third-order valence-corrected chi connectivity index (χ3v) is 4.35. The lowest BCUT2D eigenvalue weighted by Crippen LogP contribution is -2.16. The van der Waals surface area contributed by atoms with Crippen molar-refractivity contribution < 1.29 is 9.00 Å². The molecule has 2 nitrogen and oxygen atoms in total. The van der Waals surface area contributed by atoms with Crippen LogP contribution in [0.2, 0.25) is 0 Å². The van der Waals surface area contributed by atoms with Gasteiger partial charge in [-0.05, 0) is 28.1 Å². The van der Waals surface area contributed by atoms with Crippen LogP contribution in [0.4, 0.5) is 0 Å². The summed E-state index contributed by atoms with van der Waals surface area (Å²) >= 11 is 3.32. The zero-order valence-corrected chi connectivity index (χ0v) is 11.1. The third kappa shape index (κ3) is 3.54. The normalized spacial score (nSPS) is 12.8. The van der Waals surface area contributed by atoms with E-state index >= 15 is 0 Å². The lowest BCUT2D eigenvalue weighted by molar-refractivity contribution is -0.119. The molecule has 4 heteroatoms. The van der Waals surface area contributed by atoms with Gasteiger partial charge in [0.15, 0.2) is 0 Å². The second-order valence-electron chi connectivity index (χ2n) is 3.54. The Labute approximate surface area is 101 Å². The van der Waals surface area contributed by atoms with E-state index in [-0.39, 0.29) is 17.5 Å². The Kier molecular flexibility index (Phi) is 4.67. The van der Waals surface area contributed by atoms with Gasteiger partial charge in [-0.2, -0.15) is 0 Å². The monoisotopic (exact) mass is 288 g/mol. The molecule has 1 aromatic carbocycles. The predicted octanol–water partition coefficient (Wildman–Crippen LogP) is 2.78. The fraction of sp³-hybridized carbons (Fsp3) is 0.364. The molecule has 15 heavy (non-hydrogen) atoms. The van der Waals surface area contributed by atoms with Crippen LogP contribution >= 0.6 is 15.9 Å². The Hall–Kier alpha value is -0.480. The summed E-state index contributed by atoms with van der Waals surface area (Å²) in [6.07, 6.45) is 0. The van der Waals surface area contributed by atoms with Crippen LogP contribution in [0.5, 0.6) is 0 Å². The molecule has 0 aliphatic carbocycles. The summed E-state index contributed by atoms with van der Waals surface area (Å²) in [5.74, 6) is 0.0702. The van der Waals surface area contributed by atoms with E-state index in [1.807, 2.05) is 32.0 Å². The number of carbonyl (C=O) groups excluding carboxylic acids is 1. The van der Waals surface area contributed by atoms with Crippen molar-refractivity contribution in [3.63, 3.8) is 0 Å². The smallest absolute Gasteiger partial charge is 0.148 e. The molecule has 1 atom stereocenters. The number of Topliss-reactive ketones (excluding diaryl/α,β-unsaturated/α-hetero) is 1. The molecule has 0 fully saturated rings. The molecule has 0 amide bonds. The van der Waals surface area contributed by atoms with Gasteiger partial charge >= 0.3 is 0 Å². The average molecular weight is 289 g/mol. The lowest BCUT2D eigenvalue weighted by Gasteiger charge is -2.05. The highest BCUT2D eigenvalue weighted by atomic mass is 79.9. The molecule has 0 radical (unpaired) electrons. The SMILES string of the molecule is CC(C)C(=O)CS(=O)c1ccccc1Br. The zero-order valence-electron chi connectivity index (χ0n) is 8.70. The van der Waals surface area contributed by atoms with Crippen molar-refractivity contribution in [3.05, 3.63) is 28.7 Å². The summed E-state index contributed by atoms with van der Waals surface area (Å²) in [6.45, 7) is 3.64. The summed E-state index contributed by atoms with van der Waals surface area (Å²) in [7, 11) is -1.24. The van der Waals surface area contributed by atoms with Gasteiger partial charge in [0.1, 0.15) is 5.78 Å². The van der Waals surface area contributed by atoms with E-state index < -0.39 is 10.8 Å². The molecule has 0 aliphatic rings. The molecule has 0 heterocycles. The highest BCUT2D eigenvalue weighted by molar-refractivity contribution is 9.10. The minimum absolute atomic E-state index is 0.0316. The lowest BCUT2D eigenvalue weighted by atomic mass is 10.1. The largest absolute Gasteiger partial charge is 0.298 e. The zero-order chi connectivity index (χ0) is 11.4. The quantitative estimate of drug-likeness (QED) is 0.854. The van der Waals surface area contributed by atoms with Crippen molar-refractivity contribution in [1.29, 1.82) is 0 Å². The van der Waals surface area contributed by atoms with Gasteiger partial charge in [-0.15, -0.1) is 0 Å². The van der Waals surface area contributed by atoms with E-state index in [0.717, 1.165) is 4.47 Å². The van der Waals surface area contributed by atoms with Gasteiger partial charge in [-0.25, -0.2) is 0 Å². The second kappa shape index (κ2) is 5.56. The summed E-state index contributed by atoms with van der Waals surface area (Å²) in [5.41, 5.74) is 0. The number of benzene rings is 1. The van der Waals surface area contributed by atoms with Crippen molar-refractivity contribution >= 4 is 32.5 Å². The number of ketones is 1. The first-order valence-electron chi connectivity index (χ1n) is 4.68. The highest BCUT2D eigenvalue weighted by Crippen LogP contribution is 2.20. The topological polar surface area (TPSA) is 34.1 Å². The van der Waals surface area contributed by atoms with E-state index in [2.05, 4.69) is 15.9 Å². The number of hydrogen-bond donors (Lipinski definition) is 0. The minimum Gasteiger partial charge on any atom is -0.298 e. The molecule has 82 valence electrons. The molecule has 1 unspecified atom stereocenters. The van der Waals surface area contributed by atoms with Crippen LogP contribution in [0.25, 0.3) is 0 Å². The molecule has 0 aliphatic heterocycles. The van der Waals surface area contributed by atoms with Crippen LogP contribution < -0.4 is 0 Å². The van der Waals surface area contributed by atoms with E-state index in [0.29, 0.717) is 4.90 Å². The van der Waals surface area contributed by atoms with Gasteiger partial charge in [0.2, 0.25) is 0 Å². The fourth-order valence-corrected chi connectivity index (χ4v) is 3.09. The van der Waals surface area contributed by atoms with Gasteiger partial charge in [0.25, 0.3) is 0 Å². The Morgan fingerprint density at radius 3 is 2.53 bits per heavy atom. The molecule has 0 aromatic heterocycles. The van der Waals surface area contributed by atoms with Crippen molar-refractivity contribution in [2.45, 2.75) is 18.7 Å². The number of rotatable bonds is 4. The Morgan fingerprint density at radius 2 is 2.00 bits per heavy atom. The molecule has 0 spiro atoms. The highest BCUT2D eigenvalue weighted by Gasteiger charge is 2.14. The van der Waals surface area contributed by atoms with Crippen LogP contribution in [0.15, 0.2) is 33.6 Å². The summed E-state index contributed by atoms with van der Waals surface area (Å²) in [5, 5.41) is 0. The predicted molar refractivity (Wildman–Crippen MR) is 65.3 cm³/mol. The van der Waals surface area contributed by atoms with Gasteiger partial charge < -0.3 is 0 Å². The van der Waals surface area contributed by atoms with E-state index in [1.54, 1.807) is 6.07 Å². The average Bonchev–Trinajstić information content (AvgIpc) is 2.18. The van der Waals surface area contributed by atoms with Crippen molar-refractivity contribution in [2.75, 3.05) is 5.75 Å². The Morgan fingerprint density at radius 1 is 1.40 bits per heavy atom. The van der Waals surface area contributed by atoms with Crippen molar-refractivity contribution in [3.8, 4) is 0 Å². The molecule has 0 saturated carbocycles. The molecule has 1 aromatic rings. The van der Waals surface area contributed by atoms with E-state index in [1.165, 1.54) is 0 Å². The molecule has 1 rings (SSSR count). The van der Waals surface area contributed by atoms with Crippen LogP contribution in [0.1, 0.15) is 13.8 Å².